The van der Waals surface area contributed by atoms with Gasteiger partial charge in [0.2, 0.25) is 0 Å². The summed E-state index contributed by atoms with van der Waals surface area (Å²) in [5.41, 5.74) is 3.14. The van der Waals surface area contributed by atoms with E-state index in [-0.39, 0.29) is 0 Å². The van der Waals surface area contributed by atoms with E-state index in [2.05, 4.69) is 40.5 Å². The maximum Gasteiger partial charge on any atom is 0.138 e. The molecule has 0 aliphatic heterocycles. The smallest absolute Gasteiger partial charge is 0.138 e. The summed E-state index contributed by atoms with van der Waals surface area (Å²) >= 11 is 0. The predicted molar refractivity (Wildman–Crippen MR) is 81.3 cm³/mol. The summed E-state index contributed by atoms with van der Waals surface area (Å²) in [5.74, 6) is 0. The molecule has 3 rings (SSSR count). The van der Waals surface area contributed by atoms with Crippen LogP contribution in [0, 0.1) is 0 Å². The number of anilines is 1. The number of benzene rings is 1. The minimum Gasteiger partial charge on any atom is -0.379 e. The molecule has 0 aliphatic carbocycles. The molecular formula is C15H18N6. The summed E-state index contributed by atoms with van der Waals surface area (Å²) in [6, 6.07) is 8.40. The Bertz CT molecular complexity index is 699. The van der Waals surface area contributed by atoms with E-state index in [1.54, 1.807) is 11.0 Å². The largest absolute Gasteiger partial charge is 0.379 e. The van der Waals surface area contributed by atoms with Crippen LogP contribution in [0.1, 0.15) is 25.5 Å². The fourth-order valence-corrected chi connectivity index (χ4v) is 2.10. The van der Waals surface area contributed by atoms with Crippen LogP contribution in [0.15, 0.2) is 49.3 Å². The molecule has 1 N–H and O–H groups in total. The van der Waals surface area contributed by atoms with Crippen LogP contribution in [0.3, 0.4) is 0 Å². The molecule has 108 valence electrons. The molecule has 2 heterocycles. The number of para-hydroxylation sites is 2. The van der Waals surface area contributed by atoms with Crippen molar-refractivity contribution >= 4 is 5.69 Å². The topological polar surface area (TPSA) is 60.6 Å². The van der Waals surface area contributed by atoms with Gasteiger partial charge in [0.05, 0.1) is 17.6 Å². The normalized spacial score (nSPS) is 11.0. The third-order valence-corrected chi connectivity index (χ3v) is 3.24. The van der Waals surface area contributed by atoms with Gasteiger partial charge in [-0.3, -0.25) is 4.68 Å². The van der Waals surface area contributed by atoms with E-state index in [4.69, 9.17) is 0 Å². The van der Waals surface area contributed by atoms with Crippen molar-refractivity contribution in [1.82, 2.24) is 24.5 Å². The van der Waals surface area contributed by atoms with Crippen LogP contribution < -0.4 is 5.32 Å². The molecular weight excluding hydrogens is 264 g/mol. The molecule has 0 unspecified atom stereocenters. The van der Waals surface area contributed by atoms with E-state index in [0.717, 1.165) is 23.5 Å². The zero-order valence-corrected chi connectivity index (χ0v) is 12.1. The minimum atomic E-state index is 0.376. The average Bonchev–Trinajstić information content (AvgIpc) is 3.17. The highest BCUT2D eigenvalue weighted by Gasteiger charge is 2.06. The van der Waals surface area contributed by atoms with Gasteiger partial charge in [-0.2, -0.15) is 10.2 Å². The molecule has 0 saturated carbocycles. The predicted octanol–water partition coefficient (Wildman–Crippen LogP) is 2.66. The van der Waals surface area contributed by atoms with Crippen LogP contribution in [-0.4, -0.2) is 24.5 Å². The molecule has 0 amide bonds. The van der Waals surface area contributed by atoms with Gasteiger partial charge in [-0.15, -0.1) is 0 Å². The Morgan fingerprint density at radius 2 is 2.05 bits per heavy atom. The molecule has 6 heteroatoms. The van der Waals surface area contributed by atoms with Crippen LogP contribution in [0.2, 0.25) is 0 Å². The quantitative estimate of drug-likeness (QED) is 0.781. The first-order chi connectivity index (χ1) is 10.2. The first kappa shape index (κ1) is 13.4. The van der Waals surface area contributed by atoms with Crippen molar-refractivity contribution < 1.29 is 0 Å². The second kappa shape index (κ2) is 5.78. The Labute approximate surface area is 123 Å². The molecule has 0 saturated heterocycles. The molecule has 1 aromatic carbocycles. The van der Waals surface area contributed by atoms with Gasteiger partial charge in [-0.05, 0) is 26.0 Å². The minimum absolute atomic E-state index is 0.376. The standard InChI is InChI=1S/C15H18N6/c1-12(2)20-9-13(8-18-20)7-17-14-5-3-4-6-15(14)21-11-16-10-19-21/h3-6,8-12,17H,7H2,1-2H3. The highest BCUT2D eigenvalue weighted by Crippen LogP contribution is 2.19. The lowest BCUT2D eigenvalue weighted by Crippen LogP contribution is -2.04. The summed E-state index contributed by atoms with van der Waals surface area (Å²) in [6.45, 7) is 4.95. The Morgan fingerprint density at radius 3 is 2.76 bits per heavy atom. The van der Waals surface area contributed by atoms with Crippen molar-refractivity contribution in [2.24, 2.45) is 0 Å². The zero-order valence-electron chi connectivity index (χ0n) is 12.1. The molecule has 0 aliphatic rings. The van der Waals surface area contributed by atoms with Crippen LogP contribution in [-0.2, 0) is 6.54 Å². The van der Waals surface area contributed by atoms with E-state index in [0.29, 0.717) is 6.04 Å². The molecule has 0 radical (unpaired) electrons. The van der Waals surface area contributed by atoms with Gasteiger partial charge in [0, 0.05) is 24.3 Å². The summed E-state index contributed by atoms with van der Waals surface area (Å²) < 4.78 is 3.71. The summed E-state index contributed by atoms with van der Waals surface area (Å²) in [7, 11) is 0. The molecule has 21 heavy (non-hydrogen) atoms. The average molecular weight is 282 g/mol. The Hall–Kier alpha value is -2.63. The van der Waals surface area contributed by atoms with Crippen LogP contribution >= 0.6 is 0 Å². The number of rotatable bonds is 5. The Balaban J connectivity index is 1.76. The highest BCUT2D eigenvalue weighted by atomic mass is 15.3. The first-order valence-electron chi connectivity index (χ1n) is 6.95. The summed E-state index contributed by atoms with van der Waals surface area (Å²) in [6.07, 6.45) is 7.18. The van der Waals surface area contributed by atoms with Gasteiger partial charge in [0.25, 0.3) is 0 Å². The Kier molecular flexibility index (Phi) is 3.68. The zero-order chi connectivity index (χ0) is 14.7. The van der Waals surface area contributed by atoms with Crippen molar-refractivity contribution in [1.29, 1.82) is 0 Å². The number of nitrogens with one attached hydrogen (secondary N) is 1. The monoisotopic (exact) mass is 282 g/mol. The summed E-state index contributed by atoms with van der Waals surface area (Å²) in [5, 5.41) is 12.0. The second-order valence-electron chi connectivity index (χ2n) is 5.13. The van der Waals surface area contributed by atoms with Gasteiger partial charge in [-0.1, -0.05) is 12.1 Å². The lowest BCUT2D eigenvalue weighted by molar-refractivity contribution is 0.532. The van der Waals surface area contributed by atoms with E-state index in [9.17, 15) is 0 Å². The fraction of sp³-hybridized carbons (Fsp3) is 0.267. The van der Waals surface area contributed by atoms with Gasteiger partial charge in [0.15, 0.2) is 0 Å². The summed E-state index contributed by atoms with van der Waals surface area (Å²) in [4.78, 5) is 3.99. The number of hydrogen-bond donors (Lipinski definition) is 1. The second-order valence-corrected chi connectivity index (χ2v) is 5.13. The molecule has 0 bridgehead atoms. The third kappa shape index (κ3) is 2.94. The Morgan fingerprint density at radius 1 is 1.19 bits per heavy atom. The van der Waals surface area contributed by atoms with Crippen molar-refractivity contribution in [3.05, 3.63) is 54.9 Å². The van der Waals surface area contributed by atoms with Crippen molar-refractivity contribution in [3.8, 4) is 5.69 Å². The maximum absolute atomic E-state index is 4.35. The molecule has 3 aromatic rings. The molecule has 6 nitrogen and oxygen atoms in total. The van der Waals surface area contributed by atoms with Crippen LogP contribution in [0.25, 0.3) is 5.69 Å². The first-order valence-corrected chi connectivity index (χ1v) is 6.95. The third-order valence-electron chi connectivity index (χ3n) is 3.24. The fourth-order valence-electron chi connectivity index (χ4n) is 2.10. The van der Waals surface area contributed by atoms with Crippen LogP contribution in [0.5, 0.6) is 0 Å². The molecule has 0 fully saturated rings. The van der Waals surface area contributed by atoms with Crippen molar-refractivity contribution in [2.45, 2.75) is 26.4 Å². The molecule has 0 spiro atoms. The van der Waals surface area contributed by atoms with Crippen molar-refractivity contribution in [3.63, 3.8) is 0 Å². The maximum atomic E-state index is 4.35. The number of aromatic nitrogens is 5. The van der Waals surface area contributed by atoms with Gasteiger partial charge < -0.3 is 5.32 Å². The number of hydrogen-bond acceptors (Lipinski definition) is 4. The number of nitrogens with zero attached hydrogens (tertiary/aromatic N) is 5. The van der Waals surface area contributed by atoms with E-state index < -0.39 is 0 Å². The van der Waals surface area contributed by atoms with Gasteiger partial charge in [-0.25, -0.2) is 9.67 Å². The highest BCUT2D eigenvalue weighted by molar-refractivity contribution is 5.60. The molecule has 0 atom stereocenters. The van der Waals surface area contributed by atoms with E-state index in [1.165, 1.54) is 6.33 Å². The van der Waals surface area contributed by atoms with Gasteiger partial charge >= 0.3 is 0 Å². The van der Waals surface area contributed by atoms with E-state index >= 15 is 0 Å². The molecule has 2 aromatic heterocycles. The SMILES string of the molecule is CC(C)n1cc(CNc2ccccc2-n2cncn2)cn1. The van der Waals surface area contributed by atoms with Crippen molar-refractivity contribution in [2.75, 3.05) is 5.32 Å². The lowest BCUT2D eigenvalue weighted by Gasteiger charge is -2.10. The lowest BCUT2D eigenvalue weighted by atomic mass is 10.2. The van der Waals surface area contributed by atoms with E-state index in [1.807, 2.05) is 35.1 Å². The van der Waals surface area contributed by atoms with Crippen LogP contribution in [0.4, 0.5) is 5.69 Å². The van der Waals surface area contributed by atoms with Gasteiger partial charge in [0.1, 0.15) is 12.7 Å².